The van der Waals surface area contributed by atoms with Gasteiger partial charge in [0.25, 0.3) is 0 Å². The maximum absolute atomic E-state index is 14.6. The number of halogens is 7. The molecule has 0 aliphatic rings. The van der Waals surface area contributed by atoms with E-state index in [9.17, 15) is 35.5 Å². The number of esters is 1. The Morgan fingerprint density at radius 2 is 1.44 bits per heavy atom. The zero-order valence-corrected chi connectivity index (χ0v) is 23.5. The standard InChI is InChI=1S/C31H32F7NO2/c1-16(2)26-14-27(18(4)10-28(26)32)25-8-7-17(3)9-22(25)15-39-19(5)29(41-20(6)40)21-11-23(30(33,34)35)13-24(12-21)31(36,37)38/h7-14,16,19,29,39H,15H2,1-6H3/t19-,29-/m0/s1. The summed E-state index contributed by atoms with van der Waals surface area (Å²) in [7, 11) is 0. The molecule has 0 aromatic heterocycles. The molecule has 3 rings (SSSR count). The van der Waals surface area contributed by atoms with E-state index in [1.54, 1.807) is 13.0 Å². The van der Waals surface area contributed by atoms with Crippen molar-refractivity contribution in [2.24, 2.45) is 0 Å². The Kier molecular flexibility index (Phi) is 9.58. The molecule has 0 unspecified atom stereocenters. The minimum absolute atomic E-state index is 0.0297. The number of alkyl halides is 6. The molecule has 3 aromatic rings. The summed E-state index contributed by atoms with van der Waals surface area (Å²) in [6.07, 6.45) is -11.6. The first-order valence-corrected chi connectivity index (χ1v) is 13.0. The van der Waals surface area contributed by atoms with E-state index in [2.05, 4.69) is 5.32 Å². The van der Waals surface area contributed by atoms with Gasteiger partial charge in [0.2, 0.25) is 0 Å². The Hall–Kier alpha value is -3.40. The van der Waals surface area contributed by atoms with E-state index in [-0.39, 0.29) is 24.3 Å². The van der Waals surface area contributed by atoms with Crippen molar-refractivity contribution in [1.29, 1.82) is 0 Å². The average molecular weight is 584 g/mol. The van der Waals surface area contributed by atoms with Crippen LogP contribution in [0.4, 0.5) is 30.7 Å². The van der Waals surface area contributed by atoms with Gasteiger partial charge in [0.15, 0.2) is 0 Å². The van der Waals surface area contributed by atoms with Crippen molar-refractivity contribution in [3.8, 4) is 11.1 Å². The number of benzene rings is 3. The van der Waals surface area contributed by atoms with Gasteiger partial charge in [-0.15, -0.1) is 0 Å². The highest BCUT2D eigenvalue weighted by Gasteiger charge is 2.38. The summed E-state index contributed by atoms with van der Waals surface area (Å²) in [5.74, 6) is -1.25. The molecule has 3 aromatic carbocycles. The Labute approximate surface area is 234 Å². The molecule has 0 fully saturated rings. The lowest BCUT2D eigenvalue weighted by Crippen LogP contribution is -2.34. The third-order valence-electron chi connectivity index (χ3n) is 6.82. The molecule has 1 N–H and O–H groups in total. The zero-order valence-electron chi connectivity index (χ0n) is 23.5. The van der Waals surface area contributed by atoms with Crippen LogP contribution < -0.4 is 5.32 Å². The van der Waals surface area contributed by atoms with Gasteiger partial charge in [-0.3, -0.25) is 4.79 Å². The largest absolute Gasteiger partial charge is 0.456 e. The van der Waals surface area contributed by atoms with Crippen LogP contribution in [-0.2, 0) is 28.4 Å². The van der Waals surface area contributed by atoms with Gasteiger partial charge in [0, 0.05) is 19.5 Å². The minimum Gasteiger partial charge on any atom is -0.456 e. The summed E-state index contributed by atoms with van der Waals surface area (Å²) in [6.45, 7) is 10.1. The molecule has 41 heavy (non-hydrogen) atoms. The maximum atomic E-state index is 14.6. The second kappa shape index (κ2) is 12.2. The fourth-order valence-corrected chi connectivity index (χ4v) is 4.71. The van der Waals surface area contributed by atoms with Gasteiger partial charge >= 0.3 is 18.3 Å². The number of aryl methyl sites for hydroxylation is 2. The lowest BCUT2D eigenvalue weighted by Gasteiger charge is -2.27. The Morgan fingerprint density at radius 3 is 1.95 bits per heavy atom. The van der Waals surface area contributed by atoms with Crippen molar-refractivity contribution in [2.45, 2.75) is 78.5 Å². The minimum atomic E-state index is -5.05. The lowest BCUT2D eigenvalue weighted by atomic mass is 9.90. The van der Waals surface area contributed by atoms with E-state index in [1.165, 1.54) is 13.0 Å². The van der Waals surface area contributed by atoms with Crippen LogP contribution in [0.25, 0.3) is 11.1 Å². The molecule has 0 saturated carbocycles. The molecule has 0 saturated heterocycles. The molecule has 0 aliphatic heterocycles. The maximum Gasteiger partial charge on any atom is 0.416 e. The normalized spacial score (nSPS) is 13.8. The van der Waals surface area contributed by atoms with E-state index in [4.69, 9.17) is 4.74 Å². The molecule has 0 bridgehead atoms. The zero-order chi connectivity index (χ0) is 30.9. The molecular weight excluding hydrogens is 551 g/mol. The first-order chi connectivity index (χ1) is 18.9. The molecule has 0 aliphatic carbocycles. The number of carbonyl (C=O) groups is 1. The van der Waals surface area contributed by atoms with E-state index >= 15 is 0 Å². The van der Waals surface area contributed by atoms with Gasteiger partial charge in [-0.2, -0.15) is 26.3 Å². The molecule has 0 radical (unpaired) electrons. The molecule has 3 nitrogen and oxygen atoms in total. The molecule has 0 amide bonds. The first-order valence-electron chi connectivity index (χ1n) is 13.0. The predicted molar refractivity (Wildman–Crippen MR) is 143 cm³/mol. The molecule has 2 atom stereocenters. The van der Waals surface area contributed by atoms with Crippen molar-refractivity contribution in [3.05, 3.63) is 93.3 Å². The summed E-state index contributed by atoms with van der Waals surface area (Å²) in [6, 6.07) is 9.18. The highest BCUT2D eigenvalue weighted by atomic mass is 19.4. The second-order valence-electron chi connectivity index (χ2n) is 10.5. The van der Waals surface area contributed by atoms with Crippen LogP contribution in [0.1, 0.15) is 78.7 Å². The number of rotatable bonds is 8. The Balaban J connectivity index is 2.02. The van der Waals surface area contributed by atoms with Gasteiger partial charge < -0.3 is 10.1 Å². The molecule has 0 heterocycles. The SMILES string of the molecule is CC(=O)O[C@H](c1cc(C(F)(F)F)cc(C(F)(F)F)c1)[C@H](C)NCc1cc(C)ccc1-c1cc(C(C)C)c(F)cc1C. The fourth-order valence-electron chi connectivity index (χ4n) is 4.71. The quantitative estimate of drug-likeness (QED) is 0.212. The van der Waals surface area contributed by atoms with Gasteiger partial charge in [-0.05, 0) is 90.4 Å². The van der Waals surface area contributed by atoms with E-state index in [1.807, 2.05) is 39.0 Å². The molecule has 0 spiro atoms. The van der Waals surface area contributed by atoms with Gasteiger partial charge in [-0.25, -0.2) is 4.39 Å². The summed E-state index contributed by atoms with van der Waals surface area (Å²) >= 11 is 0. The highest BCUT2D eigenvalue weighted by molar-refractivity contribution is 5.72. The van der Waals surface area contributed by atoms with E-state index in [0.29, 0.717) is 23.3 Å². The molecule has 222 valence electrons. The third kappa shape index (κ3) is 7.87. The van der Waals surface area contributed by atoms with Crippen molar-refractivity contribution in [1.82, 2.24) is 5.32 Å². The topological polar surface area (TPSA) is 38.3 Å². The molecular formula is C31H32F7NO2. The van der Waals surface area contributed by atoms with Crippen molar-refractivity contribution in [3.63, 3.8) is 0 Å². The smallest absolute Gasteiger partial charge is 0.416 e. The number of ether oxygens (including phenoxy) is 1. The summed E-state index contributed by atoms with van der Waals surface area (Å²) in [5.41, 5.74) is 1.06. The monoisotopic (exact) mass is 583 g/mol. The van der Waals surface area contributed by atoms with Crippen molar-refractivity contribution < 1.29 is 40.3 Å². The van der Waals surface area contributed by atoms with Crippen LogP contribution in [0, 0.1) is 19.7 Å². The number of carbonyl (C=O) groups excluding carboxylic acids is 1. The van der Waals surface area contributed by atoms with Crippen LogP contribution in [0.2, 0.25) is 0 Å². The summed E-state index contributed by atoms with van der Waals surface area (Å²) in [5, 5.41) is 3.11. The molecule has 10 heteroatoms. The van der Waals surface area contributed by atoms with Crippen molar-refractivity contribution in [2.75, 3.05) is 0 Å². The van der Waals surface area contributed by atoms with Crippen LogP contribution >= 0.6 is 0 Å². The van der Waals surface area contributed by atoms with Crippen LogP contribution in [0.15, 0.2) is 48.5 Å². The summed E-state index contributed by atoms with van der Waals surface area (Å²) < 4.78 is 101. The van der Waals surface area contributed by atoms with E-state index < -0.39 is 47.2 Å². The number of hydrogen-bond donors (Lipinski definition) is 1. The Morgan fingerprint density at radius 1 is 0.854 bits per heavy atom. The van der Waals surface area contributed by atoms with E-state index in [0.717, 1.165) is 29.2 Å². The van der Waals surface area contributed by atoms with Crippen LogP contribution in [-0.4, -0.2) is 12.0 Å². The van der Waals surface area contributed by atoms with Gasteiger partial charge in [-0.1, -0.05) is 37.6 Å². The van der Waals surface area contributed by atoms with Gasteiger partial charge in [0.1, 0.15) is 11.9 Å². The predicted octanol–water partition coefficient (Wildman–Crippen LogP) is 9.05. The van der Waals surface area contributed by atoms with Crippen LogP contribution in [0.5, 0.6) is 0 Å². The number of hydrogen-bond acceptors (Lipinski definition) is 3. The van der Waals surface area contributed by atoms with Gasteiger partial charge in [0.05, 0.1) is 11.1 Å². The summed E-state index contributed by atoms with van der Waals surface area (Å²) in [4.78, 5) is 11.9. The highest BCUT2D eigenvalue weighted by Crippen LogP contribution is 2.39. The number of nitrogens with one attached hydrogen (secondary N) is 1. The third-order valence-corrected chi connectivity index (χ3v) is 6.82. The second-order valence-corrected chi connectivity index (χ2v) is 10.5. The van der Waals surface area contributed by atoms with Crippen molar-refractivity contribution >= 4 is 5.97 Å². The lowest BCUT2D eigenvalue weighted by molar-refractivity contribution is -0.148. The van der Waals surface area contributed by atoms with Crippen LogP contribution in [0.3, 0.4) is 0 Å². The average Bonchev–Trinajstić information content (AvgIpc) is 2.84. The fraction of sp³-hybridized carbons (Fsp3) is 0.387. The first kappa shape index (κ1) is 32.1. The Bertz CT molecular complexity index is 1380.